The van der Waals surface area contributed by atoms with E-state index in [1.807, 2.05) is 24.3 Å². The molecule has 8 nitrogen and oxygen atoms in total. The largest absolute Gasteiger partial charge is 0.486 e. The average Bonchev–Trinajstić information content (AvgIpc) is 3.09. The highest BCUT2D eigenvalue weighted by atomic mass is 16.7. The lowest BCUT2D eigenvalue weighted by molar-refractivity contribution is -0.0240. The van der Waals surface area contributed by atoms with Gasteiger partial charge in [-0.3, -0.25) is 4.90 Å². The molecule has 7 rings (SSSR count). The first-order chi connectivity index (χ1) is 24.0. The normalized spacial score (nSPS) is 26.2. The Morgan fingerprint density at radius 3 is 1.65 bits per heavy atom. The van der Waals surface area contributed by atoms with Gasteiger partial charge in [-0.25, -0.2) is 0 Å². The van der Waals surface area contributed by atoms with Gasteiger partial charge in [-0.2, -0.15) is 0 Å². The van der Waals surface area contributed by atoms with E-state index < -0.39 is 0 Å². The molecule has 4 heterocycles. The van der Waals surface area contributed by atoms with Crippen LogP contribution < -0.4 is 24.3 Å². The summed E-state index contributed by atoms with van der Waals surface area (Å²) in [6, 6.07) is 25.5. The number of hydrogen-bond acceptors (Lipinski definition) is 8. The zero-order valence-electron chi connectivity index (χ0n) is 29.9. The highest BCUT2D eigenvalue weighted by Gasteiger charge is 2.39. The number of nitrogens with zero attached hydrogens (tertiary/aromatic N) is 1. The number of ether oxygens (including phenoxy) is 6. The molecule has 8 heteroatoms. The SMILES string of the molecule is COCOc1cc(C)ccc1OC1C[C@H]2CCC[C@@H](C1)N2.COCOc1cc(C)ccc1OC1C[C@H]2CCC[C@@H](C1)N2Cc1ccccc1. The molecule has 0 spiro atoms. The third kappa shape index (κ3) is 9.91. The molecule has 3 aromatic rings. The molecule has 3 aromatic carbocycles. The van der Waals surface area contributed by atoms with Crippen molar-refractivity contribution < 1.29 is 28.4 Å². The van der Waals surface area contributed by atoms with E-state index in [1.165, 1.54) is 44.1 Å². The molecule has 49 heavy (non-hydrogen) atoms. The van der Waals surface area contributed by atoms with Crippen LogP contribution in [-0.2, 0) is 16.0 Å². The number of methoxy groups -OCH3 is 2. The smallest absolute Gasteiger partial charge is 0.188 e. The second-order valence-electron chi connectivity index (χ2n) is 14.3. The van der Waals surface area contributed by atoms with E-state index in [1.54, 1.807) is 14.2 Å². The first-order valence-corrected chi connectivity index (χ1v) is 18.3. The zero-order chi connectivity index (χ0) is 34.0. The van der Waals surface area contributed by atoms with Crippen LogP contribution in [0.15, 0.2) is 66.7 Å². The Hall–Kier alpha value is -3.30. The van der Waals surface area contributed by atoms with Gasteiger partial charge < -0.3 is 33.7 Å². The van der Waals surface area contributed by atoms with Crippen molar-refractivity contribution in [1.82, 2.24) is 10.2 Å². The molecule has 4 saturated heterocycles. The van der Waals surface area contributed by atoms with Crippen LogP contribution in [0.25, 0.3) is 0 Å². The highest BCUT2D eigenvalue weighted by molar-refractivity contribution is 5.43. The number of aryl methyl sites for hydroxylation is 2. The minimum atomic E-state index is 0.237. The van der Waals surface area contributed by atoms with E-state index in [2.05, 4.69) is 66.5 Å². The van der Waals surface area contributed by atoms with Gasteiger partial charge >= 0.3 is 0 Å². The maximum Gasteiger partial charge on any atom is 0.188 e. The predicted molar refractivity (Wildman–Crippen MR) is 193 cm³/mol. The quantitative estimate of drug-likeness (QED) is 0.194. The molecule has 4 bridgehead atoms. The van der Waals surface area contributed by atoms with E-state index in [0.717, 1.165) is 66.4 Å². The number of fused-ring (bicyclic) bond motifs is 4. The van der Waals surface area contributed by atoms with Gasteiger partial charge in [-0.05, 0) is 106 Å². The Kier molecular flexibility index (Phi) is 12.7. The minimum absolute atomic E-state index is 0.237. The van der Waals surface area contributed by atoms with Gasteiger partial charge in [-0.1, -0.05) is 55.3 Å². The molecule has 0 saturated carbocycles. The minimum Gasteiger partial charge on any atom is -0.486 e. The summed E-state index contributed by atoms with van der Waals surface area (Å²) in [6.45, 7) is 5.65. The predicted octanol–water partition coefficient (Wildman–Crippen LogP) is 7.97. The number of piperidine rings is 4. The van der Waals surface area contributed by atoms with Gasteiger partial charge in [0.15, 0.2) is 36.6 Å². The highest BCUT2D eigenvalue weighted by Crippen LogP contribution is 2.39. The van der Waals surface area contributed by atoms with Crippen LogP contribution in [-0.4, -0.2) is 69.1 Å². The van der Waals surface area contributed by atoms with Gasteiger partial charge in [0.25, 0.3) is 0 Å². The first-order valence-electron chi connectivity index (χ1n) is 18.3. The Balaban J connectivity index is 0.000000177. The maximum atomic E-state index is 6.47. The Labute approximate surface area is 293 Å². The van der Waals surface area contributed by atoms with Gasteiger partial charge in [-0.15, -0.1) is 0 Å². The Bertz CT molecular complexity index is 1430. The van der Waals surface area contributed by atoms with Crippen molar-refractivity contribution >= 4 is 0 Å². The van der Waals surface area contributed by atoms with E-state index in [4.69, 9.17) is 28.4 Å². The summed E-state index contributed by atoms with van der Waals surface area (Å²) >= 11 is 0. The molecule has 6 atom stereocenters. The maximum absolute atomic E-state index is 6.47. The van der Waals surface area contributed by atoms with E-state index in [0.29, 0.717) is 24.2 Å². The van der Waals surface area contributed by atoms with E-state index in [9.17, 15) is 0 Å². The third-order valence-electron chi connectivity index (χ3n) is 10.4. The van der Waals surface area contributed by atoms with Crippen molar-refractivity contribution in [3.05, 3.63) is 83.4 Å². The van der Waals surface area contributed by atoms with Gasteiger partial charge in [0.2, 0.25) is 0 Å². The summed E-state index contributed by atoms with van der Waals surface area (Å²) < 4.78 is 34.2. The average molecular weight is 673 g/mol. The second kappa shape index (κ2) is 17.6. The van der Waals surface area contributed by atoms with Crippen LogP contribution in [0.4, 0.5) is 0 Å². The van der Waals surface area contributed by atoms with Crippen molar-refractivity contribution in [2.24, 2.45) is 0 Å². The van der Waals surface area contributed by atoms with Crippen molar-refractivity contribution in [3.63, 3.8) is 0 Å². The summed E-state index contributed by atoms with van der Waals surface area (Å²) in [4.78, 5) is 2.72. The monoisotopic (exact) mass is 672 g/mol. The van der Waals surface area contributed by atoms with Crippen molar-refractivity contribution in [1.29, 1.82) is 0 Å². The molecule has 1 N–H and O–H groups in total. The fourth-order valence-corrected chi connectivity index (χ4v) is 8.14. The fourth-order valence-electron chi connectivity index (χ4n) is 8.14. The lowest BCUT2D eigenvalue weighted by atomic mass is 9.82. The number of nitrogens with one attached hydrogen (secondary N) is 1. The summed E-state index contributed by atoms with van der Waals surface area (Å²) in [5.74, 6) is 3.23. The van der Waals surface area contributed by atoms with Crippen molar-refractivity contribution in [2.75, 3.05) is 27.8 Å². The molecule has 0 amide bonds. The number of benzene rings is 3. The van der Waals surface area contributed by atoms with Gasteiger partial charge in [0.1, 0.15) is 12.2 Å². The molecule has 4 aliphatic rings. The van der Waals surface area contributed by atoms with Crippen LogP contribution in [0.2, 0.25) is 0 Å². The van der Waals surface area contributed by atoms with Crippen LogP contribution in [0.5, 0.6) is 23.0 Å². The molecule has 4 aliphatic heterocycles. The molecule has 4 fully saturated rings. The standard InChI is InChI=1S/C24H31NO3.C17H25NO3/c1-18-11-12-23(24(13-18)27-17-26-2)28-22-14-20-9-6-10-21(15-22)25(20)16-19-7-4-3-5-8-19;1-12-6-7-16(17(8-12)20-11-19-2)21-15-9-13-4-3-5-14(10-15)18-13/h3-5,7-8,11-13,20-22H,6,9-10,14-17H2,1-2H3;6-8,13-15,18H,3-5,9-11H2,1-2H3/t20-,21+,22?;13-,14+,15?. The number of hydrogen-bond donors (Lipinski definition) is 1. The second-order valence-corrected chi connectivity index (χ2v) is 14.3. The van der Waals surface area contributed by atoms with Crippen LogP contribution in [0.1, 0.15) is 80.9 Å². The fraction of sp³-hybridized carbons (Fsp3) is 0.561. The molecule has 0 aromatic heterocycles. The van der Waals surface area contributed by atoms with Crippen molar-refractivity contribution in [2.45, 2.75) is 121 Å². The summed E-state index contributed by atoms with van der Waals surface area (Å²) in [7, 11) is 3.27. The molecular weight excluding hydrogens is 616 g/mol. The topological polar surface area (TPSA) is 70.7 Å². The summed E-state index contributed by atoms with van der Waals surface area (Å²) in [5.41, 5.74) is 3.73. The molecule has 2 unspecified atom stereocenters. The van der Waals surface area contributed by atoms with Crippen LogP contribution in [0.3, 0.4) is 0 Å². The van der Waals surface area contributed by atoms with Crippen LogP contribution >= 0.6 is 0 Å². The van der Waals surface area contributed by atoms with Crippen LogP contribution in [0, 0.1) is 13.8 Å². The lowest BCUT2D eigenvalue weighted by Crippen LogP contribution is -2.53. The third-order valence-corrected chi connectivity index (χ3v) is 10.4. The molecular formula is C41H56N2O6. The molecule has 266 valence electrons. The zero-order valence-corrected chi connectivity index (χ0v) is 29.9. The number of rotatable bonds is 12. The Morgan fingerprint density at radius 1 is 0.612 bits per heavy atom. The lowest BCUT2D eigenvalue weighted by Gasteiger charge is -2.48. The van der Waals surface area contributed by atoms with E-state index >= 15 is 0 Å². The first kappa shape index (κ1) is 35.5. The summed E-state index contributed by atoms with van der Waals surface area (Å²) in [5, 5.41) is 3.70. The molecule has 0 radical (unpaired) electrons. The van der Waals surface area contributed by atoms with E-state index in [-0.39, 0.29) is 25.8 Å². The Morgan fingerprint density at radius 2 is 1.12 bits per heavy atom. The van der Waals surface area contributed by atoms with Gasteiger partial charge in [0, 0.05) is 44.9 Å². The summed E-state index contributed by atoms with van der Waals surface area (Å²) in [6.07, 6.45) is 12.7. The van der Waals surface area contributed by atoms with Gasteiger partial charge in [0.05, 0.1) is 0 Å². The van der Waals surface area contributed by atoms with Crippen molar-refractivity contribution in [3.8, 4) is 23.0 Å². The molecule has 0 aliphatic carbocycles.